The summed E-state index contributed by atoms with van der Waals surface area (Å²) in [5.41, 5.74) is 0. The van der Waals surface area contributed by atoms with Gasteiger partial charge >= 0.3 is 0 Å². The third-order valence-electron chi connectivity index (χ3n) is 7.61. The van der Waals surface area contributed by atoms with Crippen LogP contribution < -0.4 is 0 Å². The van der Waals surface area contributed by atoms with Crippen LogP contribution in [0.1, 0.15) is 123 Å². The van der Waals surface area contributed by atoms with Crippen LogP contribution >= 0.6 is 0 Å². The Morgan fingerprint density at radius 3 is 1.62 bits per heavy atom. The van der Waals surface area contributed by atoms with Crippen LogP contribution in [0, 0.1) is 40.9 Å². The van der Waals surface area contributed by atoms with Crippen LogP contribution in [0.5, 0.6) is 0 Å². The largest absolute Gasteiger partial charge is 0.198 e. The molecule has 0 aliphatic heterocycles. The molecule has 1 heteroatoms. The maximum atomic E-state index is 9.79. The lowest BCUT2D eigenvalue weighted by Gasteiger charge is -2.34. The summed E-state index contributed by atoms with van der Waals surface area (Å²) >= 11 is 0. The van der Waals surface area contributed by atoms with Gasteiger partial charge in [-0.25, -0.2) is 0 Å². The Morgan fingerprint density at radius 1 is 0.692 bits per heavy atom. The first-order valence-corrected chi connectivity index (χ1v) is 12.2. The molecule has 0 N–H and O–H groups in total. The minimum atomic E-state index is 0.355. The van der Waals surface area contributed by atoms with Crippen LogP contribution in [0.25, 0.3) is 0 Å². The Balaban J connectivity index is 1.65. The summed E-state index contributed by atoms with van der Waals surface area (Å²) in [6.07, 6.45) is 23.6. The van der Waals surface area contributed by atoms with E-state index in [-0.39, 0.29) is 0 Å². The zero-order chi connectivity index (χ0) is 18.6. The van der Waals surface area contributed by atoms with E-state index in [1.54, 1.807) is 0 Å². The van der Waals surface area contributed by atoms with Crippen molar-refractivity contribution in [1.29, 1.82) is 5.26 Å². The molecule has 150 valence electrons. The van der Waals surface area contributed by atoms with Crippen LogP contribution in [-0.2, 0) is 0 Å². The molecule has 2 aliphatic rings. The second-order valence-corrected chi connectivity index (χ2v) is 9.63. The van der Waals surface area contributed by atoms with Gasteiger partial charge in [0.05, 0.1) is 6.07 Å². The van der Waals surface area contributed by atoms with Crippen LogP contribution in [-0.4, -0.2) is 0 Å². The van der Waals surface area contributed by atoms with Gasteiger partial charge in [-0.1, -0.05) is 104 Å². The lowest BCUT2D eigenvalue weighted by Crippen LogP contribution is -2.24. The number of rotatable bonds is 11. The second kappa shape index (κ2) is 12.8. The minimum Gasteiger partial charge on any atom is -0.198 e. The minimum absolute atomic E-state index is 0.355. The Kier molecular flexibility index (Phi) is 10.7. The SMILES string of the molecule is CCCCC[C@H]1CC[C@H](CC(C#N)[C@H]2CC[C@H](CCCCC)CC2)CC1. The molecule has 0 saturated heterocycles. The molecule has 1 nitrogen and oxygen atoms in total. The highest BCUT2D eigenvalue weighted by Gasteiger charge is 2.30. The Hall–Kier alpha value is -0.510. The van der Waals surface area contributed by atoms with Crippen molar-refractivity contribution in [2.45, 2.75) is 123 Å². The molecule has 0 spiro atoms. The fourth-order valence-electron chi connectivity index (χ4n) is 5.71. The van der Waals surface area contributed by atoms with Crippen molar-refractivity contribution in [3.05, 3.63) is 0 Å². The molecule has 0 bridgehead atoms. The third-order valence-corrected chi connectivity index (χ3v) is 7.61. The standard InChI is InChI=1S/C25H45N/c1-3-5-7-9-21-11-13-23(14-12-21)19-25(20-26)24-17-15-22(16-18-24)10-8-6-4-2/h21-25H,3-19H2,1-2H3/t21-,22-,23-,24-,25?. The van der Waals surface area contributed by atoms with Gasteiger partial charge in [0.1, 0.15) is 0 Å². The van der Waals surface area contributed by atoms with Gasteiger partial charge in [0.2, 0.25) is 0 Å². The molecule has 2 saturated carbocycles. The Bertz CT molecular complexity index is 379. The summed E-state index contributed by atoms with van der Waals surface area (Å²) in [5.74, 6) is 3.88. The molecule has 1 atom stereocenters. The molecule has 0 radical (unpaired) electrons. The molecule has 2 aliphatic carbocycles. The molecule has 1 unspecified atom stereocenters. The predicted molar refractivity (Wildman–Crippen MR) is 113 cm³/mol. The first kappa shape index (κ1) is 21.8. The number of hydrogen-bond acceptors (Lipinski definition) is 1. The molecular formula is C25H45N. The first-order valence-electron chi connectivity index (χ1n) is 12.2. The monoisotopic (exact) mass is 359 g/mol. The van der Waals surface area contributed by atoms with E-state index in [1.807, 2.05) is 0 Å². The molecule has 0 amide bonds. The van der Waals surface area contributed by atoms with Crippen molar-refractivity contribution >= 4 is 0 Å². The maximum absolute atomic E-state index is 9.79. The molecule has 0 heterocycles. The quantitative estimate of drug-likeness (QED) is 0.340. The van der Waals surface area contributed by atoms with E-state index in [0.29, 0.717) is 11.8 Å². The average Bonchev–Trinajstić information content (AvgIpc) is 2.68. The van der Waals surface area contributed by atoms with E-state index in [0.717, 1.165) is 17.8 Å². The van der Waals surface area contributed by atoms with Gasteiger partial charge in [-0.2, -0.15) is 5.26 Å². The van der Waals surface area contributed by atoms with Crippen molar-refractivity contribution in [3.63, 3.8) is 0 Å². The van der Waals surface area contributed by atoms with Gasteiger partial charge in [0.25, 0.3) is 0 Å². The number of unbranched alkanes of at least 4 members (excludes halogenated alkanes) is 4. The normalized spacial score (nSPS) is 30.7. The fraction of sp³-hybridized carbons (Fsp3) is 0.960. The van der Waals surface area contributed by atoms with Crippen molar-refractivity contribution < 1.29 is 0 Å². The highest BCUT2D eigenvalue weighted by molar-refractivity contribution is 4.92. The Labute approximate surface area is 164 Å². The summed E-state index contributed by atoms with van der Waals surface area (Å²) in [7, 11) is 0. The van der Waals surface area contributed by atoms with Gasteiger partial charge < -0.3 is 0 Å². The average molecular weight is 360 g/mol. The highest BCUT2D eigenvalue weighted by Crippen LogP contribution is 2.41. The van der Waals surface area contributed by atoms with Gasteiger partial charge in [-0.15, -0.1) is 0 Å². The molecule has 0 aromatic rings. The first-order chi connectivity index (χ1) is 12.8. The number of hydrogen-bond donors (Lipinski definition) is 0. The van der Waals surface area contributed by atoms with Gasteiger partial charge in [-0.05, 0) is 42.9 Å². The summed E-state index contributed by atoms with van der Waals surface area (Å²) in [6, 6.07) is 2.74. The molecule has 26 heavy (non-hydrogen) atoms. The molecule has 0 aromatic heterocycles. The number of nitriles is 1. The van der Waals surface area contributed by atoms with Crippen LogP contribution in [0.2, 0.25) is 0 Å². The van der Waals surface area contributed by atoms with Gasteiger partial charge in [0, 0.05) is 5.92 Å². The van der Waals surface area contributed by atoms with Gasteiger partial charge in [0.15, 0.2) is 0 Å². The van der Waals surface area contributed by atoms with Gasteiger partial charge in [-0.3, -0.25) is 0 Å². The molecule has 0 aromatic carbocycles. The molecular weight excluding hydrogens is 314 g/mol. The lowest BCUT2D eigenvalue weighted by molar-refractivity contribution is 0.177. The molecule has 2 fully saturated rings. The van der Waals surface area contributed by atoms with Crippen molar-refractivity contribution in [1.82, 2.24) is 0 Å². The summed E-state index contributed by atoms with van der Waals surface area (Å²) in [6.45, 7) is 4.60. The lowest BCUT2D eigenvalue weighted by atomic mass is 9.70. The Morgan fingerprint density at radius 2 is 1.15 bits per heavy atom. The van der Waals surface area contributed by atoms with E-state index >= 15 is 0 Å². The van der Waals surface area contributed by atoms with Crippen LogP contribution in [0.4, 0.5) is 0 Å². The smallest absolute Gasteiger partial charge is 0.0658 e. The summed E-state index contributed by atoms with van der Waals surface area (Å²) in [5, 5.41) is 9.79. The van der Waals surface area contributed by atoms with E-state index in [9.17, 15) is 5.26 Å². The highest BCUT2D eigenvalue weighted by atomic mass is 14.4. The van der Waals surface area contributed by atoms with E-state index < -0.39 is 0 Å². The predicted octanol–water partition coefficient (Wildman–Crippen LogP) is 8.29. The zero-order valence-electron chi connectivity index (χ0n) is 17.9. The van der Waals surface area contributed by atoms with Crippen molar-refractivity contribution in [3.8, 4) is 6.07 Å². The van der Waals surface area contributed by atoms with E-state index in [4.69, 9.17) is 0 Å². The second-order valence-electron chi connectivity index (χ2n) is 9.63. The van der Waals surface area contributed by atoms with Crippen molar-refractivity contribution in [2.75, 3.05) is 0 Å². The topological polar surface area (TPSA) is 23.8 Å². The maximum Gasteiger partial charge on any atom is 0.0658 e. The van der Waals surface area contributed by atoms with E-state index in [1.165, 1.54) is 109 Å². The van der Waals surface area contributed by atoms with Crippen LogP contribution in [0.15, 0.2) is 0 Å². The van der Waals surface area contributed by atoms with E-state index in [2.05, 4.69) is 19.9 Å². The van der Waals surface area contributed by atoms with Crippen molar-refractivity contribution in [2.24, 2.45) is 29.6 Å². The summed E-state index contributed by atoms with van der Waals surface area (Å²) < 4.78 is 0. The number of nitrogens with zero attached hydrogens (tertiary/aromatic N) is 1. The third kappa shape index (κ3) is 7.62. The zero-order valence-corrected chi connectivity index (χ0v) is 17.9. The molecule has 2 rings (SSSR count). The summed E-state index contributed by atoms with van der Waals surface area (Å²) in [4.78, 5) is 0. The van der Waals surface area contributed by atoms with Crippen LogP contribution in [0.3, 0.4) is 0 Å². The fourth-order valence-corrected chi connectivity index (χ4v) is 5.71.